The Morgan fingerprint density at radius 1 is 1.03 bits per heavy atom. The van der Waals surface area contributed by atoms with Gasteiger partial charge in [0.1, 0.15) is 12.3 Å². The summed E-state index contributed by atoms with van der Waals surface area (Å²) in [5.74, 6) is -0.580. The molecule has 1 heterocycles. The van der Waals surface area contributed by atoms with Gasteiger partial charge in [0.2, 0.25) is 0 Å². The quantitative estimate of drug-likeness (QED) is 0.383. The number of para-hydroxylation sites is 1. The molecule has 0 fully saturated rings. The zero-order valence-electron chi connectivity index (χ0n) is 16.5. The monoisotopic (exact) mass is 459 g/mol. The van der Waals surface area contributed by atoms with E-state index in [4.69, 9.17) is 22.1 Å². The second kappa shape index (κ2) is 10.1. The fraction of sp³-hybridized carbons (Fsp3) is 0.0870. The summed E-state index contributed by atoms with van der Waals surface area (Å²) < 4.78 is 44.2. The van der Waals surface area contributed by atoms with Crippen molar-refractivity contribution in [2.75, 3.05) is 0 Å². The zero-order chi connectivity index (χ0) is 23.1. The maximum atomic E-state index is 13.0. The largest absolute Gasteiger partial charge is 0.457 e. The molecule has 9 heteroatoms. The van der Waals surface area contributed by atoms with Crippen molar-refractivity contribution in [3.05, 3.63) is 107 Å². The number of rotatable bonds is 6. The lowest BCUT2D eigenvalue weighted by atomic mass is 10.1. The predicted octanol–water partition coefficient (Wildman–Crippen LogP) is 5.62. The first kappa shape index (κ1) is 23.0. The lowest BCUT2D eigenvalue weighted by Gasteiger charge is -2.10. The normalized spacial score (nSPS) is 12.5. The topological polar surface area (TPSA) is 77.6 Å². The molecule has 0 bridgehead atoms. The van der Waals surface area contributed by atoms with Crippen molar-refractivity contribution in [2.45, 2.75) is 12.8 Å². The molecule has 1 aromatic heterocycles. The van der Waals surface area contributed by atoms with Crippen molar-refractivity contribution < 1.29 is 22.7 Å². The molecule has 164 valence electrons. The lowest BCUT2D eigenvalue weighted by molar-refractivity contribution is -0.0925. The molecule has 32 heavy (non-hydrogen) atoms. The van der Waals surface area contributed by atoms with Gasteiger partial charge in [-0.25, -0.2) is 9.79 Å². The Kier molecular flexibility index (Phi) is 7.27. The highest BCUT2D eigenvalue weighted by molar-refractivity contribution is 6.33. The van der Waals surface area contributed by atoms with Crippen molar-refractivity contribution in [2.24, 2.45) is 10.7 Å². The molecule has 0 aliphatic heterocycles. The highest BCUT2D eigenvalue weighted by Gasteiger charge is 2.31. The molecule has 0 unspecified atom stereocenters. The Morgan fingerprint density at radius 3 is 2.28 bits per heavy atom. The van der Waals surface area contributed by atoms with Crippen LogP contribution in [0.5, 0.6) is 0 Å². The van der Waals surface area contributed by atoms with Crippen LogP contribution >= 0.6 is 11.6 Å². The number of aliphatic imine (C=N–C) groups is 1. The van der Waals surface area contributed by atoms with Crippen LogP contribution in [0.15, 0.2) is 89.8 Å². The van der Waals surface area contributed by atoms with Gasteiger partial charge < -0.3 is 10.5 Å². The van der Waals surface area contributed by atoms with Gasteiger partial charge >= 0.3 is 12.1 Å². The van der Waals surface area contributed by atoms with Gasteiger partial charge in [0, 0.05) is 18.0 Å². The number of ether oxygens (including phenoxy) is 1. The van der Waals surface area contributed by atoms with Crippen molar-refractivity contribution in [3.8, 4) is 0 Å². The standard InChI is InChI=1S/C23H17ClF3N3O2/c24-18-3-1-2-4-19(18)30-20(13-21(28)23(25,26)27)16-5-7-17(8-6-16)22(31)32-14-15-9-11-29-12-10-15/h1-13H,14,28H2. The van der Waals surface area contributed by atoms with E-state index >= 15 is 0 Å². The third-order valence-electron chi connectivity index (χ3n) is 4.25. The third-order valence-corrected chi connectivity index (χ3v) is 4.57. The number of halogens is 4. The molecule has 0 saturated carbocycles. The molecule has 2 aromatic carbocycles. The van der Waals surface area contributed by atoms with Crippen molar-refractivity contribution in [1.82, 2.24) is 4.98 Å². The number of carbonyl (C=O) groups is 1. The Balaban J connectivity index is 1.87. The third kappa shape index (κ3) is 6.18. The van der Waals surface area contributed by atoms with Gasteiger partial charge in [0.25, 0.3) is 0 Å². The fourth-order valence-corrected chi connectivity index (χ4v) is 2.75. The summed E-state index contributed by atoms with van der Waals surface area (Å²) in [6.07, 6.45) is -0.839. The number of pyridine rings is 1. The molecule has 0 amide bonds. The van der Waals surface area contributed by atoms with Crippen LogP contribution in [-0.4, -0.2) is 22.8 Å². The van der Waals surface area contributed by atoms with Crippen LogP contribution < -0.4 is 5.73 Å². The van der Waals surface area contributed by atoms with E-state index in [-0.39, 0.29) is 28.6 Å². The van der Waals surface area contributed by atoms with E-state index in [1.54, 1.807) is 48.8 Å². The second-order valence-corrected chi connectivity index (χ2v) is 6.96. The molecule has 5 nitrogen and oxygen atoms in total. The highest BCUT2D eigenvalue weighted by Crippen LogP contribution is 2.27. The molecule has 0 aliphatic carbocycles. The molecule has 0 radical (unpaired) electrons. The SMILES string of the molecule is NC(=CC(=Nc1ccccc1Cl)c1ccc(C(=O)OCc2ccncc2)cc1)C(F)(F)F. The summed E-state index contributed by atoms with van der Waals surface area (Å²) in [5, 5.41) is 0.264. The molecular formula is C23H17ClF3N3O2. The maximum Gasteiger partial charge on any atom is 0.430 e. The van der Waals surface area contributed by atoms with Crippen molar-refractivity contribution >= 4 is 29.0 Å². The van der Waals surface area contributed by atoms with Crippen molar-refractivity contribution in [1.29, 1.82) is 0 Å². The van der Waals surface area contributed by atoms with Crippen LogP contribution in [0.1, 0.15) is 21.5 Å². The number of hydrogen-bond acceptors (Lipinski definition) is 5. The summed E-state index contributed by atoms with van der Waals surface area (Å²) in [6.45, 7) is 0.0627. The average Bonchev–Trinajstić information content (AvgIpc) is 2.78. The first-order valence-electron chi connectivity index (χ1n) is 9.28. The molecule has 0 atom stereocenters. The number of nitrogens with two attached hydrogens (primary N) is 1. The molecule has 0 saturated heterocycles. The summed E-state index contributed by atoms with van der Waals surface area (Å²) in [5.41, 5.74) is 5.40. The predicted molar refractivity (Wildman–Crippen MR) is 116 cm³/mol. The van der Waals surface area contributed by atoms with Crippen LogP contribution in [-0.2, 0) is 11.3 Å². The van der Waals surface area contributed by atoms with Crippen LogP contribution in [0.2, 0.25) is 5.02 Å². The first-order chi connectivity index (χ1) is 15.2. The van der Waals surface area contributed by atoms with Crippen LogP contribution in [0.4, 0.5) is 18.9 Å². The van der Waals surface area contributed by atoms with Gasteiger partial charge in [-0.15, -0.1) is 0 Å². The average molecular weight is 460 g/mol. The van der Waals surface area contributed by atoms with Gasteiger partial charge in [-0.3, -0.25) is 4.98 Å². The number of esters is 1. The smallest absolute Gasteiger partial charge is 0.430 e. The maximum absolute atomic E-state index is 13.0. The molecule has 0 aliphatic rings. The number of alkyl halides is 3. The van der Waals surface area contributed by atoms with E-state index in [1.165, 1.54) is 24.3 Å². The van der Waals surface area contributed by atoms with Crippen LogP contribution in [0.25, 0.3) is 0 Å². The zero-order valence-corrected chi connectivity index (χ0v) is 17.3. The summed E-state index contributed by atoms with van der Waals surface area (Å²) in [7, 11) is 0. The van der Waals surface area contributed by atoms with E-state index in [1.807, 2.05) is 0 Å². The second-order valence-electron chi connectivity index (χ2n) is 6.55. The number of aromatic nitrogens is 1. The van der Waals surface area contributed by atoms with E-state index in [2.05, 4.69) is 9.98 Å². The van der Waals surface area contributed by atoms with Gasteiger partial charge in [-0.2, -0.15) is 13.2 Å². The molecule has 0 spiro atoms. The van der Waals surface area contributed by atoms with E-state index in [0.29, 0.717) is 5.56 Å². The summed E-state index contributed by atoms with van der Waals surface area (Å²) in [6, 6.07) is 15.7. The highest BCUT2D eigenvalue weighted by atomic mass is 35.5. The lowest BCUT2D eigenvalue weighted by Crippen LogP contribution is -2.21. The van der Waals surface area contributed by atoms with E-state index in [0.717, 1.165) is 11.6 Å². The summed E-state index contributed by atoms with van der Waals surface area (Å²) in [4.78, 5) is 20.4. The Bertz CT molecular complexity index is 1150. The van der Waals surface area contributed by atoms with Crippen LogP contribution in [0.3, 0.4) is 0 Å². The number of allylic oxidation sites excluding steroid dienone is 2. The molecular weight excluding hydrogens is 443 g/mol. The van der Waals surface area contributed by atoms with Gasteiger partial charge in [-0.1, -0.05) is 35.9 Å². The minimum absolute atomic E-state index is 0.0627. The number of benzene rings is 2. The first-order valence-corrected chi connectivity index (χ1v) is 9.66. The molecule has 2 N–H and O–H groups in total. The Labute approximate surface area is 187 Å². The van der Waals surface area contributed by atoms with E-state index < -0.39 is 17.8 Å². The molecule has 3 rings (SSSR count). The number of hydrogen-bond donors (Lipinski definition) is 1. The van der Waals surface area contributed by atoms with Crippen LogP contribution in [0, 0.1) is 0 Å². The fourth-order valence-electron chi connectivity index (χ4n) is 2.57. The minimum atomic E-state index is -4.72. The van der Waals surface area contributed by atoms with Gasteiger partial charge in [0.05, 0.1) is 22.0 Å². The Morgan fingerprint density at radius 2 is 1.66 bits per heavy atom. The number of nitrogens with zero attached hydrogens (tertiary/aromatic N) is 2. The number of carbonyl (C=O) groups excluding carboxylic acids is 1. The van der Waals surface area contributed by atoms with Gasteiger partial charge in [0.15, 0.2) is 0 Å². The van der Waals surface area contributed by atoms with E-state index in [9.17, 15) is 18.0 Å². The Hall–Kier alpha value is -3.65. The summed E-state index contributed by atoms with van der Waals surface area (Å²) >= 11 is 6.09. The minimum Gasteiger partial charge on any atom is -0.457 e. The molecule has 3 aromatic rings. The van der Waals surface area contributed by atoms with Gasteiger partial charge in [-0.05, 0) is 48.0 Å². The van der Waals surface area contributed by atoms with Crippen molar-refractivity contribution in [3.63, 3.8) is 0 Å².